The summed E-state index contributed by atoms with van der Waals surface area (Å²) >= 11 is 0. The lowest BCUT2D eigenvalue weighted by Gasteiger charge is -2.20. The van der Waals surface area contributed by atoms with Crippen LogP contribution < -0.4 is 24.8 Å². The molecule has 0 aliphatic heterocycles. The van der Waals surface area contributed by atoms with Crippen LogP contribution >= 0.6 is 0 Å². The van der Waals surface area contributed by atoms with Crippen LogP contribution in [0.25, 0.3) is 0 Å². The molecule has 1 aromatic carbocycles. The van der Waals surface area contributed by atoms with E-state index in [1.54, 1.807) is 0 Å². The molecule has 0 saturated heterocycles. The number of benzene rings is 1. The number of carbonyl (C=O) groups excluding carboxylic acids is 2. The van der Waals surface area contributed by atoms with E-state index in [2.05, 4.69) is 10.6 Å². The Balaban J connectivity index is 2.86. The molecule has 0 bridgehead atoms. The standard InChI is InChI=1S/C16H24N2O5/c1-16(2,3)18-13(19)9-17-15(20)10-7-11(21-4)14(23-6)12(8-10)22-5/h7-8H,9H2,1-6H3,(H,17,20)(H,18,19). The number of hydrogen-bond acceptors (Lipinski definition) is 5. The number of nitrogens with one attached hydrogen (secondary N) is 2. The summed E-state index contributed by atoms with van der Waals surface area (Å²) in [5.74, 6) is 0.468. The maximum Gasteiger partial charge on any atom is 0.251 e. The summed E-state index contributed by atoms with van der Waals surface area (Å²) in [5.41, 5.74) is -0.0444. The van der Waals surface area contributed by atoms with Crippen LogP contribution in [0.15, 0.2) is 12.1 Å². The fraction of sp³-hybridized carbons (Fsp3) is 0.500. The lowest BCUT2D eigenvalue weighted by atomic mass is 10.1. The van der Waals surface area contributed by atoms with Gasteiger partial charge in [0, 0.05) is 11.1 Å². The normalized spacial score (nSPS) is 10.7. The maximum atomic E-state index is 12.2. The van der Waals surface area contributed by atoms with Crippen LogP contribution in [0.5, 0.6) is 17.2 Å². The highest BCUT2D eigenvalue weighted by molar-refractivity contribution is 5.97. The van der Waals surface area contributed by atoms with Gasteiger partial charge in [-0.25, -0.2) is 0 Å². The Morgan fingerprint density at radius 1 is 1.00 bits per heavy atom. The molecule has 0 aromatic heterocycles. The molecular weight excluding hydrogens is 300 g/mol. The van der Waals surface area contributed by atoms with Gasteiger partial charge in [-0.1, -0.05) is 0 Å². The topological polar surface area (TPSA) is 85.9 Å². The molecular formula is C16H24N2O5. The molecule has 0 aliphatic carbocycles. The van der Waals surface area contributed by atoms with Gasteiger partial charge in [-0.05, 0) is 32.9 Å². The summed E-state index contributed by atoms with van der Waals surface area (Å²) < 4.78 is 15.6. The second kappa shape index (κ2) is 7.71. The van der Waals surface area contributed by atoms with Gasteiger partial charge in [0.1, 0.15) is 0 Å². The van der Waals surface area contributed by atoms with E-state index in [9.17, 15) is 9.59 Å². The zero-order valence-electron chi connectivity index (χ0n) is 14.4. The number of amides is 2. The maximum absolute atomic E-state index is 12.2. The van der Waals surface area contributed by atoms with Crippen LogP contribution in [0.2, 0.25) is 0 Å². The van der Waals surface area contributed by atoms with E-state index >= 15 is 0 Å². The number of methoxy groups -OCH3 is 3. The summed E-state index contributed by atoms with van der Waals surface area (Å²) in [6.45, 7) is 5.48. The summed E-state index contributed by atoms with van der Waals surface area (Å²) in [5, 5.41) is 5.32. The predicted octanol–water partition coefficient (Wildman–Crippen LogP) is 1.36. The van der Waals surface area contributed by atoms with Gasteiger partial charge in [-0.2, -0.15) is 0 Å². The Morgan fingerprint density at radius 3 is 1.91 bits per heavy atom. The first-order valence-corrected chi connectivity index (χ1v) is 7.11. The minimum Gasteiger partial charge on any atom is -0.493 e. The van der Waals surface area contributed by atoms with Crippen LogP contribution in [0.4, 0.5) is 0 Å². The number of rotatable bonds is 6. The Morgan fingerprint density at radius 2 is 1.52 bits per heavy atom. The van der Waals surface area contributed by atoms with Crippen LogP contribution in [-0.4, -0.2) is 45.2 Å². The average molecular weight is 324 g/mol. The van der Waals surface area contributed by atoms with E-state index in [1.165, 1.54) is 33.5 Å². The van der Waals surface area contributed by atoms with Gasteiger partial charge < -0.3 is 24.8 Å². The van der Waals surface area contributed by atoms with Crippen molar-refractivity contribution in [3.63, 3.8) is 0 Å². The van der Waals surface area contributed by atoms with E-state index in [4.69, 9.17) is 14.2 Å². The molecule has 0 radical (unpaired) electrons. The fourth-order valence-electron chi connectivity index (χ4n) is 1.94. The molecule has 1 rings (SSSR count). The van der Waals surface area contributed by atoms with Crippen molar-refractivity contribution in [2.75, 3.05) is 27.9 Å². The van der Waals surface area contributed by atoms with E-state index in [0.29, 0.717) is 22.8 Å². The highest BCUT2D eigenvalue weighted by atomic mass is 16.5. The number of carbonyl (C=O) groups is 2. The smallest absolute Gasteiger partial charge is 0.251 e. The van der Waals surface area contributed by atoms with Crippen LogP contribution in [0.1, 0.15) is 31.1 Å². The third-order valence-electron chi connectivity index (χ3n) is 2.85. The molecule has 0 unspecified atom stereocenters. The fourth-order valence-corrected chi connectivity index (χ4v) is 1.94. The second-order valence-electron chi connectivity index (χ2n) is 5.89. The quantitative estimate of drug-likeness (QED) is 0.825. The SMILES string of the molecule is COc1cc(C(=O)NCC(=O)NC(C)(C)C)cc(OC)c1OC. The average Bonchev–Trinajstić information content (AvgIpc) is 2.49. The van der Waals surface area contributed by atoms with Gasteiger partial charge in [0.05, 0.1) is 27.9 Å². The molecule has 0 spiro atoms. The molecule has 0 atom stereocenters. The zero-order chi connectivity index (χ0) is 17.6. The first kappa shape index (κ1) is 18.6. The minimum atomic E-state index is -0.409. The molecule has 23 heavy (non-hydrogen) atoms. The summed E-state index contributed by atoms with van der Waals surface area (Å²) in [4.78, 5) is 24.0. The van der Waals surface area contributed by atoms with Crippen molar-refractivity contribution >= 4 is 11.8 Å². The van der Waals surface area contributed by atoms with Gasteiger partial charge in [0.25, 0.3) is 5.91 Å². The third kappa shape index (κ3) is 5.36. The van der Waals surface area contributed by atoms with Crippen molar-refractivity contribution in [2.24, 2.45) is 0 Å². The van der Waals surface area contributed by atoms with Crippen molar-refractivity contribution in [1.29, 1.82) is 0 Å². The molecule has 0 heterocycles. The Hall–Kier alpha value is -2.44. The van der Waals surface area contributed by atoms with Crippen molar-refractivity contribution < 1.29 is 23.8 Å². The predicted molar refractivity (Wildman–Crippen MR) is 86.3 cm³/mol. The lowest BCUT2D eigenvalue weighted by molar-refractivity contribution is -0.121. The Kier molecular flexibility index (Phi) is 6.24. The monoisotopic (exact) mass is 324 g/mol. The van der Waals surface area contributed by atoms with E-state index < -0.39 is 5.91 Å². The molecule has 0 aliphatic rings. The van der Waals surface area contributed by atoms with E-state index in [0.717, 1.165) is 0 Å². The summed E-state index contributed by atoms with van der Waals surface area (Å²) in [6, 6.07) is 3.05. The number of hydrogen-bond donors (Lipinski definition) is 2. The van der Waals surface area contributed by atoms with E-state index in [-0.39, 0.29) is 18.0 Å². The van der Waals surface area contributed by atoms with E-state index in [1.807, 2.05) is 20.8 Å². The van der Waals surface area contributed by atoms with Crippen LogP contribution in [0, 0.1) is 0 Å². The summed E-state index contributed by atoms with van der Waals surface area (Å²) in [7, 11) is 4.42. The largest absolute Gasteiger partial charge is 0.493 e. The highest BCUT2D eigenvalue weighted by Crippen LogP contribution is 2.38. The van der Waals surface area contributed by atoms with Gasteiger partial charge >= 0.3 is 0 Å². The van der Waals surface area contributed by atoms with Crippen molar-refractivity contribution in [2.45, 2.75) is 26.3 Å². The molecule has 2 amide bonds. The molecule has 7 nitrogen and oxygen atoms in total. The molecule has 7 heteroatoms. The van der Waals surface area contributed by atoms with Crippen molar-refractivity contribution in [3.05, 3.63) is 17.7 Å². The van der Waals surface area contributed by atoms with Crippen molar-refractivity contribution in [3.8, 4) is 17.2 Å². The molecule has 0 fully saturated rings. The second-order valence-corrected chi connectivity index (χ2v) is 5.89. The van der Waals surface area contributed by atoms with Gasteiger partial charge in [-0.3, -0.25) is 9.59 Å². The van der Waals surface area contributed by atoms with Crippen LogP contribution in [0.3, 0.4) is 0 Å². The van der Waals surface area contributed by atoms with Crippen molar-refractivity contribution in [1.82, 2.24) is 10.6 Å². The van der Waals surface area contributed by atoms with Gasteiger partial charge in [0.2, 0.25) is 11.7 Å². The zero-order valence-corrected chi connectivity index (χ0v) is 14.4. The first-order chi connectivity index (χ1) is 10.7. The molecule has 2 N–H and O–H groups in total. The van der Waals surface area contributed by atoms with Crippen LogP contribution in [-0.2, 0) is 4.79 Å². The molecule has 1 aromatic rings. The van der Waals surface area contributed by atoms with Gasteiger partial charge in [0.15, 0.2) is 11.5 Å². The summed E-state index contributed by atoms with van der Waals surface area (Å²) in [6.07, 6.45) is 0. The Labute approximate surface area is 136 Å². The Bertz CT molecular complexity index is 553. The minimum absolute atomic E-state index is 0.118. The van der Waals surface area contributed by atoms with Gasteiger partial charge in [-0.15, -0.1) is 0 Å². The first-order valence-electron chi connectivity index (χ1n) is 7.11. The highest BCUT2D eigenvalue weighted by Gasteiger charge is 2.18. The molecule has 128 valence electrons. The third-order valence-corrected chi connectivity index (χ3v) is 2.85. The number of ether oxygens (including phenoxy) is 3. The lowest BCUT2D eigenvalue weighted by Crippen LogP contribution is -2.45. The molecule has 0 saturated carbocycles.